The zero-order valence-corrected chi connectivity index (χ0v) is 25.6. The summed E-state index contributed by atoms with van der Waals surface area (Å²) in [5.74, 6) is 0.474. The second-order valence-electron chi connectivity index (χ2n) is 12.0. The van der Waals surface area contributed by atoms with Gasteiger partial charge in [-0.05, 0) is 40.1 Å². The van der Waals surface area contributed by atoms with Gasteiger partial charge in [-0.15, -0.1) is 0 Å². The highest BCUT2D eigenvalue weighted by molar-refractivity contribution is 6.98. The number of hydrogen-bond acceptors (Lipinski definition) is 3. The normalized spacial score (nSPS) is 15.0. The second kappa shape index (κ2) is 17.1. The lowest BCUT2D eigenvalue weighted by atomic mass is 9.88. The van der Waals surface area contributed by atoms with Crippen LogP contribution in [0.3, 0.4) is 0 Å². The summed E-state index contributed by atoms with van der Waals surface area (Å²) in [7, 11) is -3.12. The highest BCUT2D eigenvalue weighted by Crippen LogP contribution is 2.42. The predicted molar refractivity (Wildman–Crippen MR) is 167 cm³/mol. The van der Waals surface area contributed by atoms with Crippen molar-refractivity contribution >= 4 is 18.7 Å². The van der Waals surface area contributed by atoms with Gasteiger partial charge in [-0.25, -0.2) is 0 Å². The third kappa shape index (κ3) is 9.79. The van der Waals surface area contributed by atoms with Gasteiger partial charge < -0.3 is 15.6 Å². The van der Waals surface area contributed by atoms with Crippen LogP contribution in [0.4, 0.5) is 0 Å². The summed E-state index contributed by atoms with van der Waals surface area (Å²) in [4.78, 5) is 12.5. The topological polar surface area (TPSA) is 66.5 Å². The fourth-order valence-electron chi connectivity index (χ4n) is 5.75. The Bertz CT molecular complexity index is 860. The number of aliphatic hydroxyl groups excluding tert-OH is 1. The van der Waals surface area contributed by atoms with E-state index < -0.39 is 13.4 Å². The summed E-state index contributed by atoms with van der Waals surface area (Å²) in [5, 5.41) is 11.6. The van der Waals surface area contributed by atoms with E-state index in [-0.39, 0.29) is 18.6 Å². The van der Waals surface area contributed by atoms with Crippen LogP contribution in [0.15, 0.2) is 72.8 Å². The minimum absolute atomic E-state index is 0.00739. The smallest absolute Gasteiger partial charge is 0.258 e. The first-order valence-corrected chi connectivity index (χ1v) is 17.1. The van der Waals surface area contributed by atoms with Crippen LogP contribution in [0.5, 0.6) is 0 Å². The van der Waals surface area contributed by atoms with Crippen molar-refractivity contribution in [2.24, 2.45) is 17.6 Å². The maximum Gasteiger partial charge on any atom is 0.258 e. The van der Waals surface area contributed by atoms with Crippen molar-refractivity contribution in [1.82, 2.24) is 0 Å². The number of aliphatic hydroxyl groups is 1. The van der Waals surface area contributed by atoms with Gasteiger partial charge in [-0.2, -0.15) is 0 Å². The van der Waals surface area contributed by atoms with Gasteiger partial charge in [-0.1, -0.05) is 158 Å². The van der Waals surface area contributed by atoms with Gasteiger partial charge in [0.05, 0.1) is 6.61 Å². The van der Waals surface area contributed by atoms with E-state index in [2.05, 4.69) is 64.1 Å². The first kappa shape index (κ1) is 32.5. The van der Waals surface area contributed by atoms with Crippen molar-refractivity contribution in [3.63, 3.8) is 0 Å². The van der Waals surface area contributed by atoms with Crippen molar-refractivity contribution < 1.29 is 9.90 Å². The van der Waals surface area contributed by atoms with Crippen LogP contribution in [0.2, 0.25) is 5.04 Å². The van der Waals surface area contributed by atoms with Gasteiger partial charge in [0, 0.05) is 6.04 Å². The molecule has 0 spiro atoms. The van der Waals surface area contributed by atoms with Crippen molar-refractivity contribution in [3.05, 3.63) is 72.8 Å². The lowest BCUT2D eigenvalue weighted by Gasteiger charge is -2.43. The van der Waals surface area contributed by atoms with Crippen LogP contribution < -0.4 is 16.1 Å². The quantitative estimate of drug-likeness (QED) is 0.103. The van der Waals surface area contributed by atoms with Crippen molar-refractivity contribution in [1.29, 1.82) is 0 Å². The van der Waals surface area contributed by atoms with Crippen molar-refractivity contribution in [3.8, 4) is 0 Å². The molecular formula is C34H55NO2Si. The standard InChI is InChI=1S/C34H55NO2Si/c1-5-6-7-8-9-10-11-12-15-20-29(2)25-26-30(33(35)28-36)27-34(3,4)38(37,31-21-16-13-17-22-31)32-23-18-14-19-24-32/h13-14,16-19,21-26,29-30,33,36-37H,5-12,15,20,27-28,35H2,1-4H3/b26-25+/t29?,30-,33-/m0/s1. The highest BCUT2D eigenvalue weighted by atomic mass is 28.4. The first-order chi connectivity index (χ1) is 18.3. The van der Waals surface area contributed by atoms with E-state index in [9.17, 15) is 9.90 Å². The minimum atomic E-state index is -3.12. The SMILES string of the molecule is CCCCCCCCCCCC(C)/C=C/[C@@H](CC(C)(C)[Si](O)(c1ccccc1)c1ccccc1)[C@@H](N)CO. The molecule has 4 heteroatoms. The van der Waals surface area contributed by atoms with Crippen LogP contribution in [-0.4, -0.2) is 30.9 Å². The third-order valence-electron chi connectivity index (χ3n) is 8.32. The zero-order chi connectivity index (χ0) is 27.9. The molecule has 2 aromatic carbocycles. The van der Waals surface area contributed by atoms with Crippen molar-refractivity contribution in [2.75, 3.05) is 6.61 Å². The van der Waals surface area contributed by atoms with E-state index in [0.717, 1.165) is 10.4 Å². The molecule has 0 amide bonds. The van der Waals surface area contributed by atoms with Gasteiger partial charge in [0.25, 0.3) is 8.32 Å². The molecule has 2 rings (SSSR count). The van der Waals surface area contributed by atoms with Gasteiger partial charge in [0.15, 0.2) is 0 Å². The average Bonchev–Trinajstić information content (AvgIpc) is 2.94. The molecule has 0 fully saturated rings. The summed E-state index contributed by atoms with van der Waals surface area (Å²) >= 11 is 0. The molecule has 0 bridgehead atoms. The molecule has 0 radical (unpaired) electrons. The van der Waals surface area contributed by atoms with Crippen LogP contribution in [0.25, 0.3) is 0 Å². The Labute approximate surface area is 234 Å². The lowest BCUT2D eigenvalue weighted by Crippen LogP contribution is -2.65. The number of allylic oxidation sites excluding steroid dienone is 1. The van der Waals surface area contributed by atoms with Crippen LogP contribution >= 0.6 is 0 Å². The number of hydrogen-bond donors (Lipinski definition) is 3. The summed E-state index contributed by atoms with van der Waals surface area (Å²) in [5.41, 5.74) is 6.46. The van der Waals surface area contributed by atoms with Crippen LogP contribution in [0.1, 0.15) is 98.3 Å². The Balaban J connectivity index is 2.05. The van der Waals surface area contributed by atoms with Gasteiger partial charge in [0.1, 0.15) is 0 Å². The Morgan fingerprint density at radius 3 is 1.74 bits per heavy atom. The van der Waals surface area contributed by atoms with Gasteiger partial charge in [-0.3, -0.25) is 0 Å². The second-order valence-corrected chi connectivity index (χ2v) is 15.9. The summed E-state index contributed by atoms with van der Waals surface area (Å²) in [6, 6.07) is 19.9. The van der Waals surface area contributed by atoms with E-state index in [0.29, 0.717) is 12.3 Å². The van der Waals surface area contributed by atoms with Crippen molar-refractivity contribution in [2.45, 2.75) is 109 Å². The maximum absolute atomic E-state index is 12.5. The molecule has 0 aliphatic carbocycles. The average molecular weight is 538 g/mol. The fraction of sp³-hybridized carbons (Fsp3) is 0.588. The summed E-state index contributed by atoms with van der Waals surface area (Å²) in [6.07, 6.45) is 18.6. The molecule has 0 heterocycles. The Morgan fingerprint density at radius 2 is 1.26 bits per heavy atom. The first-order valence-electron chi connectivity index (χ1n) is 15.1. The Morgan fingerprint density at radius 1 is 0.789 bits per heavy atom. The molecule has 38 heavy (non-hydrogen) atoms. The zero-order valence-electron chi connectivity index (χ0n) is 24.6. The molecule has 0 saturated carbocycles. The molecule has 0 saturated heterocycles. The third-order valence-corrected chi connectivity index (χ3v) is 12.8. The number of benzene rings is 2. The van der Waals surface area contributed by atoms with E-state index in [1.807, 2.05) is 36.4 Å². The number of rotatable bonds is 19. The molecule has 0 aliphatic rings. The van der Waals surface area contributed by atoms with Gasteiger partial charge >= 0.3 is 0 Å². The monoisotopic (exact) mass is 537 g/mol. The van der Waals surface area contributed by atoms with Crippen LogP contribution in [-0.2, 0) is 0 Å². The molecule has 0 aromatic heterocycles. The van der Waals surface area contributed by atoms with Gasteiger partial charge in [0.2, 0.25) is 0 Å². The molecule has 0 aliphatic heterocycles. The highest BCUT2D eigenvalue weighted by Gasteiger charge is 2.50. The predicted octanol–water partition coefficient (Wildman–Crippen LogP) is 6.96. The Kier molecular flexibility index (Phi) is 14.6. The molecule has 212 valence electrons. The molecule has 1 unspecified atom stereocenters. The summed E-state index contributed by atoms with van der Waals surface area (Å²) < 4.78 is 0. The molecular weight excluding hydrogens is 482 g/mol. The van der Waals surface area contributed by atoms with E-state index >= 15 is 0 Å². The largest absolute Gasteiger partial charge is 0.424 e. The maximum atomic E-state index is 12.5. The molecule has 2 aromatic rings. The van der Waals surface area contributed by atoms with E-state index in [4.69, 9.17) is 5.73 Å². The number of unbranched alkanes of at least 4 members (excludes halogenated alkanes) is 8. The minimum Gasteiger partial charge on any atom is -0.424 e. The van der Waals surface area contributed by atoms with E-state index in [1.165, 1.54) is 64.2 Å². The lowest BCUT2D eigenvalue weighted by molar-refractivity contribution is 0.229. The fourth-order valence-corrected chi connectivity index (χ4v) is 9.52. The van der Waals surface area contributed by atoms with E-state index in [1.54, 1.807) is 0 Å². The number of nitrogens with two attached hydrogens (primary N) is 1. The van der Waals surface area contributed by atoms with Crippen LogP contribution in [0, 0.1) is 11.8 Å². The Hall–Kier alpha value is -1.72. The molecule has 3 atom stereocenters. The summed E-state index contributed by atoms with van der Waals surface area (Å²) in [6.45, 7) is 8.85. The molecule has 3 nitrogen and oxygen atoms in total. The molecule has 4 N–H and O–H groups in total.